The summed E-state index contributed by atoms with van der Waals surface area (Å²) in [7, 11) is 1.28. The average Bonchev–Trinajstić information content (AvgIpc) is 3.49. The van der Waals surface area contributed by atoms with Crippen LogP contribution in [-0.2, 0) is 19.1 Å². The Morgan fingerprint density at radius 3 is 2.41 bits per heavy atom. The number of nitrogens with zero attached hydrogens (tertiary/aromatic N) is 3. The summed E-state index contributed by atoms with van der Waals surface area (Å²) in [6, 6.07) is 14.3. The van der Waals surface area contributed by atoms with Crippen LogP contribution in [0.1, 0.15) is 49.3 Å². The number of hydrogen-bond donors (Lipinski definition) is 0. The lowest BCUT2D eigenvalue weighted by Crippen LogP contribution is -2.40. The maximum absolute atomic E-state index is 14.2. The summed E-state index contributed by atoms with van der Waals surface area (Å²) in [6.45, 7) is 9.50. The fourth-order valence-electron chi connectivity index (χ4n) is 5.45. The summed E-state index contributed by atoms with van der Waals surface area (Å²) in [4.78, 5) is 44.5. The molecule has 1 aliphatic heterocycles. The molecule has 1 aliphatic rings. The molecule has 12 heteroatoms. The van der Waals surface area contributed by atoms with Gasteiger partial charge in [0.05, 0.1) is 42.2 Å². The van der Waals surface area contributed by atoms with E-state index in [1.165, 1.54) is 23.0 Å². The molecule has 1 atom stereocenters. The number of hydrogen-bond acceptors (Lipinski definition) is 9. The molecule has 0 bridgehead atoms. The van der Waals surface area contributed by atoms with Gasteiger partial charge in [-0.15, -0.1) is 0 Å². The molecule has 2 aromatic carbocycles. The molecular formula is C34H34BrN3O7S. The highest BCUT2D eigenvalue weighted by molar-refractivity contribution is 9.10. The second kappa shape index (κ2) is 13.9. The number of ether oxygens (including phenoxy) is 4. The minimum absolute atomic E-state index is 0.158. The maximum atomic E-state index is 14.2. The van der Waals surface area contributed by atoms with Gasteiger partial charge in [-0.3, -0.25) is 9.36 Å². The van der Waals surface area contributed by atoms with Gasteiger partial charge in [0, 0.05) is 21.5 Å². The first-order valence-electron chi connectivity index (χ1n) is 14.7. The zero-order valence-electron chi connectivity index (χ0n) is 26.4. The van der Waals surface area contributed by atoms with Gasteiger partial charge in [0.1, 0.15) is 0 Å². The molecule has 0 saturated heterocycles. The van der Waals surface area contributed by atoms with Gasteiger partial charge in [-0.1, -0.05) is 33.3 Å². The average molecular weight is 709 g/mol. The summed E-state index contributed by atoms with van der Waals surface area (Å²) in [5, 5.41) is 0. The topological polar surface area (TPSA) is 110 Å². The van der Waals surface area contributed by atoms with Gasteiger partial charge in [-0.25, -0.2) is 14.6 Å². The van der Waals surface area contributed by atoms with Crippen LogP contribution in [0.15, 0.2) is 74.1 Å². The predicted octanol–water partition coefficient (Wildman–Crippen LogP) is 4.92. The molecular weight excluding hydrogens is 674 g/mol. The molecule has 0 spiro atoms. The Bertz CT molecular complexity index is 2020. The van der Waals surface area contributed by atoms with Crippen LogP contribution in [0, 0.1) is 13.8 Å². The lowest BCUT2D eigenvalue weighted by Gasteiger charge is -2.25. The molecule has 10 nitrogen and oxygen atoms in total. The van der Waals surface area contributed by atoms with E-state index in [4.69, 9.17) is 14.2 Å². The Hall–Kier alpha value is -4.42. The van der Waals surface area contributed by atoms with E-state index in [-0.39, 0.29) is 24.3 Å². The van der Waals surface area contributed by atoms with Crippen molar-refractivity contribution < 1.29 is 28.5 Å². The van der Waals surface area contributed by atoms with E-state index in [9.17, 15) is 14.4 Å². The summed E-state index contributed by atoms with van der Waals surface area (Å²) < 4.78 is 26.7. The van der Waals surface area contributed by atoms with Crippen molar-refractivity contribution in [1.82, 2.24) is 9.13 Å². The standard InChI is InChI=1S/C34H34BrN3O7S/c1-7-43-27-16-22(9-14-26(27)45-18-29(39)42-6)31-30(33(41)44-8-2)20(4)36-34-38(31)32(40)28(46-34)17-23-15-19(3)37(21(23)5)25-12-10-24(35)11-13-25/h9-17,31H,7-8,18H2,1-6H3/b28-17+/t31-/m1/s1. The zero-order chi connectivity index (χ0) is 33.1. The lowest BCUT2D eigenvalue weighted by atomic mass is 9.95. The molecule has 240 valence electrons. The lowest BCUT2D eigenvalue weighted by molar-refractivity contribution is -0.143. The number of methoxy groups -OCH3 is 1. The smallest absolute Gasteiger partial charge is 0.343 e. The fraction of sp³-hybridized carbons (Fsp3) is 0.294. The molecule has 0 unspecified atom stereocenters. The second-order valence-corrected chi connectivity index (χ2v) is 12.4. The van der Waals surface area contributed by atoms with Crippen molar-refractivity contribution in [3.05, 3.63) is 106 Å². The minimum atomic E-state index is -0.846. The monoisotopic (exact) mass is 707 g/mol. The van der Waals surface area contributed by atoms with Crippen molar-refractivity contribution in [2.45, 2.75) is 40.7 Å². The molecule has 4 aromatic rings. The van der Waals surface area contributed by atoms with E-state index in [0.717, 1.165) is 27.1 Å². The van der Waals surface area contributed by atoms with E-state index < -0.39 is 18.0 Å². The summed E-state index contributed by atoms with van der Waals surface area (Å²) in [5.74, 6) is -0.434. The van der Waals surface area contributed by atoms with Crippen LogP contribution >= 0.6 is 27.3 Å². The molecule has 3 heterocycles. The SMILES string of the molecule is CCOC(=O)C1=C(C)N=c2s/c(=C/c3cc(C)n(-c4ccc(Br)cc4)c3C)c(=O)n2[C@@H]1c1ccc(OCC(=O)OC)c(OCC)c1. The fourth-order valence-corrected chi connectivity index (χ4v) is 6.75. The van der Waals surface area contributed by atoms with Crippen LogP contribution in [0.4, 0.5) is 0 Å². The summed E-state index contributed by atoms with van der Waals surface area (Å²) in [6.07, 6.45) is 1.87. The molecule has 0 radical (unpaired) electrons. The van der Waals surface area contributed by atoms with Crippen LogP contribution < -0.4 is 24.4 Å². The Morgan fingerprint density at radius 2 is 1.74 bits per heavy atom. The van der Waals surface area contributed by atoms with Crippen LogP contribution in [0.2, 0.25) is 0 Å². The van der Waals surface area contributed by atoms with Crippen molar-refractivity contribution in [2.75, 3.05) is 26.9 Å². The molecule has 0 saturated carbocycles. The predicted molar refractivity (Wildman–Crippen MR) is 178 cm³/mol. The number of aromatic nitrogens is 2. The van der Waals surface area contributed by atoms with E-state index in [1.54, 1.807) is 32.0 Å². The van der Waals surface area contributed by atoms with Crippen LogP contribution in [-0.4, -0.2) is 48.0 Å². The molecule has 0 N–H and O–H groups in total. The van der Waals surface area contributed by atoms with Crippen molar-refractivity contribution in [2.24, 2.45) is 4.99 Å². The Morgan fingerprint density at radius 1 is 1.00 bits per heavy atom. The van der Waals surface area contributed by atoms with E-state index in [0.29, 0.717) is 38.7 Å². The summed E-state index contributed by atoms with van der Waals surface area (Å²) in [5.41, 5.74) is 4.92. The van der Waals surface area contributed by atoms with Gasteiger partial charge >= 0.3 is 11.9 Å². The highest BCUT2D eigenvalue weighted by atomic mass is 79.9. The van der Waals surface area contributed by atoms with Gasteiger partial charge in [-0.05, 0) is 94.3 Å². The number of halogens is 1. The van der Waals surface area contributed by atoms with Crippen molar-refractivity contribution in [1.29, 1.82) is 0 Å². The van der Waals surface area contributed by atoms with E-state index >= 15 is 0 Å². The van der Waals surface area contributed by atoms with Gasteiger partial charge in [-0.2, -0.15) is 0 Å². The largest absolute Gasteiger partial charge is 0.490 e. The highest BCUT2D eigenvalue weighted by Gasteiger charge is 2.34. The number of fused-ring (bicyclic) bond motifs is 1. The molecule has 2 aromatic heterocycles. The first kappa shape index (κ1) is 33.0. The quantitative estimate of drug-likeness (QED) is 0.215. The van der Waals surface area contributed by atoms with Gasteiger partial charge in [0.15, 0.2) is 22.9 Å². The van der Waals surface area contributed by atoms with Crippen molar-refractivity contribution >= 4 is 45.3 Å². The third-order valence-corrected chi connectivity index (χ3v) is 9.03. The minimum Gasteiger partial charge on any atom is -0.490 e. The number of esters is 2. The van der Waals surface area contributed by atoms with Crippen LogP contribution in [0.5, 0.6) is 11.5 Å². The van der Waals surface area contributed by atoms with Crippen molar-refractivity contribution in [3.63, 3.8) is 0 Å². The molecule has 46 heavy (non-hydrogen) atoms. The van der Waals surface area contributed by atoms with E-state index in [2.05, 4.69) is 30.2 Å². The zero-order valence-corrected chi connectivity index (χ0v) is 28.8. The second-order valence-electron chi connectivity index (χ2n) is 10.4. The summed E-state index contributed by atoms with van der Waals surface area (Å²) >= 11 is 4.75. The first-order chi connectivity index (χ1) is 22.1. The molecule has 5 rings (SSSR count). The number of thiazole rings is 1. The van der Waals surface area contributed by atoms with Crippen LogP contribution in [0.25, 0.3) is 11.8 Å². The molecule has 0 aliphatic carbocycles. The highest BCUT2D eigenvalue weighted by Crippen LogP contribution is 2.36. The molecule has 0 amide bonds. The Balaban J connectivity index is 1.66. The Labute approximate surface area is 278 Å². The number of allylic oxidation sites excluding steroid dienone is 1. The number of benzene rings is 2. The number of aryl methyl sites for hydroxylation is 1. The van der Waals surface area contributed by atoms with Gasteiger partial charge in [0.2, 0.25) is 0 Å². The van der Waals surface area contributed by atoms with Gasteiger partial charge in [0.25, 0.3) is 5.56 Å². The third-order valence-electron chi connectivity index (χ3n) is 7.52. The van der Waals surface area contributed by atoms with Gasteiger partial charge < -0.3 is 23.5 Å². The maximum Gasteiger partial charge on any atom is 0.343 e. The number of carbonyl (C=O) groups excluding carboxylic acids is 2. The van der Waals surface area contributed by atoms with E-state index in [1.807, 2.05) is 57.2 Å². The van der Waals surface area contributed by atoms with Crippen LogP contribution in [0.3, 0.4) is 0 Å². The first-order valence-corrected chi connectivity index (χ1v) is 16.3. The Kier molecular flexibility index (Phi) is 9.97. The normalized spacial score (nSPS) is 14.5. The van der Waals surface area contributed by atoms with Crippen molar-refractivity contribution in [3.8, 4) is 17.2 Å². The number of rotatable bonds is 10. The number of carbonyl (C=O) groups is 2. The third kappa shape index (κ3) is 6.45. The molecule has 0 fully saturated rings.